The maximum absolute atomic E-state index is 12.8. The van der Waals surface area contributed by atoms with Crippen LogP contribution in [0.4, 0.5) is 0 Å². The number of phenolic OH excluding ortho intramolecular Hbond substituents is 1. The molecule has 2 aromatic carbocycles. The van der Waals surface area contributed by atoms with Gasteiger partial charge in [-0.05, 0) is 23.6 Å². The van der Waals surface area contributed by atoms with Gasteiger partial charge in [0.15, 0.2) is 0 Å². The summed E-state index contributed by atoms with van der Waals surface area (Å²) in [6, 6.07) is 12.9. The fourth-order valence-corrected chi connectivity index (χ4v) is 2.90. The van der Waals surface area contributed by atoms with Crippen molar-refractivity contribution in [2.24, 2.45) is 5.92 Å². The lowest BCUT2D eigenvalue weighted by molar-refractivity contribution is -0.142. The number of nitrogens with one attached hydrogen (secondary N) is 2. The third-order valence-electron chi connectivity index (χ3n) is 4.83. The van der Waals surface area contributed by atoms with Gasteiger partial charge in [-0.15, -0.1) is 0 Å². The second-order valence-corrected chi connectivity index (χ2v) is 6.94. The minimum absolute atomic E-state index is 0.0488. The fourth-order valence-electron chi connectivity index (χ4n) is 2.90. The summed E-state index contributed by atoms with van der Waals surface area (Å²) in [7, 11) is 0. The summed E-state index contributed by atoms with van der Waals surface area (Å²) in [6.07, 6.45) is 0.720. The van der Waals surface area contributed by atoms with Gasteiger partial charge in [-0.3, -0.25) is 9.59 Å². The van der Waals surface area contributed by atoms with Crippen LogP contribution in [-0.2, 0) is 16.0 Å². The first kappa shape index (κ1) is 21.9. The van der Waals surface area contributed by atoms with Crippen LogP contribution in [0, 0.1) is 5.92 Å². The van der Waals surface area contributed by atoms with E-state index in [1.54, 1.807) is 43.3 Å². The van der Waals surface area contributed by atoms with E-state index < -0.39 is 29.9 Å². The van der Waals surface area contributed by atoms with Crippen molar-refractivity contribution < 1.29 is 24.6 Å². The van der Waals surface area contributed by atoms with Crippen molar-refractivity contribution in [2.75, 3.05) is 0 Å². The zero-order valence-corrected chi connectivity index (χ0v) is 16.5. The maximum atomic E-state index is 12.8. The number of aliphatic carboxylic acids is 1. The minimum atomic E-state index is -1.16. The third-order valence-corrected chi connectivity index (χ3v) is 4.83. The highest BCUT2D eigenvalue weighted by atomic mass is 16.4. The molecule has 2 aromatic rings. The van der Waals surface area contributed by atoms with Gasteiger partial charge in [0, 0.05) is 6.42 Å². The molecule has 2 amide bonds. The average Bonchev–Trinajstić information content (AvgIpc) is 2.71. The van der Waals surface area contributed by atoms with E-state index in [0.717, 1.165) is 5.56 Å². The van der Waals surface area contributed by atoms with Crippen molar-refractivity contribution >= 4 is 17.8 Å². The molecule has 2 rings (SSSR count). The number of carboxylic acids is 1. The summed E-state index contributed by atoms with van der Waals surface area (Å²) in [5.41, 5.74) is 0.825. The van der Waals surface area contributed by atoms with Gasteiger partial charge in [-0.2, -0.15) is 0 Å². The summed E-state index contributed by atoms with van der Waals surface area (Å²) >= 11 is 0. The Labute approximate surface area is 169 Å². The molecule has 0 heterocycles. The zero-order valence-electron chi connectivity index (χ0n) is 16.5. The second kappa shape index (κ2) is 10.3. The van der Waals surface area contributed by atoms with E-state index in [4.69, 9.17) is 0 Å². The Kier molecular flexibility index (Phi) is 7.77. The molecule has 3 atom stereocenters. The van der Waals surface area contributed by atoms with E-state index in [-0.39, 0.29) is 23.7 Å². The Morgan fingerprint density at radius 2 is 1.59 bits per heavy atom. The van der Waals surface area contributed by atoms with Crippen LogP contribution in [0.25, 0.3) is 0 Å². The van der Waals surface area contributed by atoms with Crippen molar-refractivity contribution in [1.82, 2.24) is 10.6 Å². The summed E-state index contributed by atoms with van der Waals surface area (Å²) in [6.45, 7) is 3.66. The fraction of sp³-hybridized carbons (Fsp3) is 0.318. The van der Waals surface area contributed by atoms with Crippen LogP contribution in [0.3, 0.4) is 0 Å². The van der Waals surface area contributed by atoms with Crippen LogP contribution in [0.5, 0.6) is 5.75 Å². The molecule has 7 nitrogen and oxygen atoms in total. The molecule has 0 aliphatic heterocycles. The average molecular weight is 398 g/mol. The SMILES string of the molecule is CCC(C)C(NC(=O)c1ccccc1O)C(=O)NC(Cc1ccccc1)C(=O)O. The molecule has 0 spiro atoms. The number of aromatic hydroxyl groups is 1. The monoisotopic (exact) mass is 398 g/mol. The van der Waals surface area contributed by atoms with Gasteiger partial charge in [0.05, 0.1) is 5.56 Å². The van der Waals surface area contributed by atoms with Crippen LogP contribution in [0.1, 0.15) is 36.2 Å². The highest BCUT2D eigenvalue weighted by Gasteiger charge is 2.30. The number of hydrogen-bond donors (Lipinski definition) is 4. The van der Waals surface area contributed by atoms with E-state index in [1.807, 2.05) is 13.0 Å². The second-order valence-electron chi connectivity index (χ2n) is 6.94. The first-order chi connectivity index (χ1) is 13.8. The van der Waals surface area contributed by atoms with Crippen molar-refractivity contribution in [2.45, 2.75) is 38.8 Å². The number of carbonyl (C=O) groups is 3. The first-order valence-electron chi connectivity index (χ1n) is 9.49. The molecule has 0 saturated heterocycles. The minimum Gasteiger partial charge on any atom is -0.507 e. The number of rotatable bonds is 9. The molecule has 0 aliphatic carbocycles. The van der Waals surface area contributed by atoms with Gasteiger partial charge in [0.1, 0.15) is 17.8 Å². The van der Waals surface area contributed by atoms with Crippen molar-refractivity contribution in [3.63, 3.8) is 0 Å². The lowest BCUT2D eigenvalue weighted by Gasteiger charge is -2.25. The van der Waals surface area contributed by atoms with Crippen LogP contribution in [0.15, 0.2) is 54.6 Å². The highest BCUT2D eigenvalue weighted by molar-refractivity contribution is 6.00. The van der Waals surface area contributed by atoms with Crippen LogP contribution in [-0.4, -0.2) is 40.1 Å². The Morgan fingerprint density at radius 1 is 0.966 bits per heavy atom. The number of benzene rings is 2. The van der Waals surface area contributed by atoms with E-state index in [9.17, 15) is 24.6 Å². The normalized spacial score (nSPS) is 13.7. The molecule has 29 heavy (non-hydrogen) atoms. The smallest absolute Gasteiger partial charge is 0.326 e. The number of carboxylic acid groups (broad SMARTS) is 1. The van der Waals surface area contributed by atoms with Gasteiger partial charge in [-0.25, -0.2) is 4.79 Å². The molecule has 0 radical (unpaired) electrons. The number of phenols is 1. The van der Waals surface area contributed by atoms with Crippen molar-refractivity contribution in [3.05, 3.63) is 65.7 Å². The predicted octanol–water partition coefficient (Wildman–Crippen LogP) is 2.35. The van der Waals surface area contributed by atoms with Gasteiger partial charge >= 0.3 is 5.97 Å². The first-order valence-corrected chi connectivity index (χ1v) is 9.49. The van der Waals surface area contributed by atoms with Gasteiger partial charge < -0.3 is 20.8 Å². The number of carbonyl (C=O) groups excluding carboxylic acids is 2. The Hall–Kier alpha value is -3.35. The molecule has 0 aliphatic rings. The molecule has 0 aromatic heterocycles. The molecule has 0 bridgehead atoms. The van der Waals surface area contributed by atoms with Crippen molar-refractivity contribution in [3.8, 4) is 5.75 Å². The number of amides is 2. The van der Waals surface area contributed by atoms with E-state index in [0.29, 0.717) is 6.42 Å². The van der Waals surface area contributed by atoms with Gasteiger partial charge in [-0.1, -0.05) is 62.7 Å². The van der Waals surface area contributed by atoms with Crippen LogP contribution < -0.4 is 10.6 Å². The third kappa shape index (κ3) is 6.07. The summed E-state index contributed by atoms with van der Waals surface area (Å²) in [5.74, 6) is -2.76. The molecule has 3 unspecified atom stereocenters. The van der Waals surface area contributed by atoms with E-state index in [1.165, 1.54) is 12.1 Å². The molecule has 7 heteroatoms. The largest absolute Gasteiger partial charge is 0.507 e. The topological polar surface area (TPSA) is 116 Å². The van der Waals surface area contributed by atoms with E-state index in [2.05, 4.69) is 10.6 Å². The molecular formula is C22H26N2O5. The molecular weight excluding hydrogens is 372 g/mol. The predicted molar refractivity (Wildman–Crippen MR) is 109 cm³/mol. The van der Waals surface area contributed by atoms with Crippen molar-refractivity contribution in [1.29, 1.82) is 0 Å². The lowest BCUT2D eigenvalue weighted by atomic mass is 9.97. The Morgan fingerprint density at radius 3 is 2.17 bits per heavy atom. The van der Waals surface area contributed by atoms with Crippen LogP contribution in [0.2, 0.25) is 0 Å². The summed E-state index contributed by atoms with van der Waals surface area (Å²) in [5, 5.41) is 24.6. The van der Waals surface area contributed by atoms with Gasteiger partial charge in [0.25, 0.3) is 5.91 Å². The summed E-state index contributed by atoms with van der Waals surface area (Å²) in [4.78, 5) is 37.0. The zero-order chi connectivity index (χ0) is 21.4. The standard InChI is InChI=1S/C22H26N2O5/c1-3-14(2)19(24-20(26)16-11-7-8-12-18(16)25)21(27)23-17(22(28)29)13-15-9-5-4-6-10-15/h4-12,14,17,19,25H,3,13H2,1-2H3,(H,23,27)(H,24,26)(H,28,29). The molecule has 0 fully saturated rings. The quantitative estimate of drug-likeness (QED) is 0.517. The van der Waals surface area contributed by atoms with Gasteiger partial charge in [0.2, 0.25) is 5.91 Å². The summed E-state index contributed by atoms with van der Waals surface area (Å²) < 4.78 is 0. The number of hydrogen-bond acceptors (Lipinski definition) is 4. The van der Waals surface area contributed by atoms with Crippen LogP contribution >= 0.6 is 0 Å². The van der Waals surface area contributed by atoms with E-state index >= 15 is 0 Å². The molecule has 154 valence electrons. The number of para-hydroxylation sites is 1. The molecule has 4 N–H and O–H groups in total. The Bertz CT molecular complexity index is 853. The maximum Gasteiger partial charge on any atom is 0.326 e. The highest BCUT2D eigenvalue weighted by Crippen LogP contribution is 2.17. The molecule has 0 saturated carbocycles. The lowest BCUT2D eigenvalue weighted by Crippen LogP contribution is -2.54. The Balaban J connectivity index is 2.15.